The lowest BCUT2D eigenvalue weighted by Crippen LogP contribution is -2.04. The Labute approximate surface area is 73.0 Å². The molecule has 0 radical (unpaired) electrons. The van der Waals surface area contributed by atoms with E-state index in [0.717, 1.165) is 5.39 Å². The number of fused-ring (bicyclic) bond motifs is 1. The van der Waals surface area contributed by atoms with Crippen molar-refractivity contribution in [1.82, 2.24) is 9.97 Å². The minimum atomic E-state index is -0.142. The molecule has 2 rings (SSSR count). The zero-order chi connectivity index (χ0) is 8.55. The molecule has 0 atom stereocenters. The second kappa shape index (κ2) is 2.60. The molecule has 0 aliphatic rings. The van der Waals surface area contributed by atoms with Gasteiger partial charge in [-0.25, -0.2) is 4.98 Å². The smallest absolute Gasteiger partial charge is 0.257 e. The maximum Gasteiger partial charge on any atom is 0.257 e. The largest absolute Gasteiger partial charge is 0.329 e. The van der Waals surface area contributed by atoms with Gasteiger partial charge >= 0.3 is 0 Å². The fraction of sp³-hybridized carbons (Fsp3) is 0. The molecule has 0 saturated carbocycles. The van der Waals surface area contributed by atoms with Gasteiger partial charge in [0.1, 0.15) is 5.15 Å². The monoisotopic (exact) mass is 180 g/mol. The van der Waals surface area contributed by atoms with Gasteiger partial charge in [-0.05, 0) is 17.5 Å². The Morgan fingerprint density at radius 1 is 1.50 bits per heavy atom. The van der Waals surface area contributed by atoms with Crippen molar-refractivity contribution in [2.24, 2.45) is 0 Å². The zero-order valence-electron chi connectivity index (χ0n) is 6.04. The molecule has 1 N–H and O–H groups in total. The van der Waals surface area contributed by atoms with E-state index in [1.165, 1.54) is 6.20 Å². The van der Waals surface area contributed by atoms with E-state index in [4.69, 9.17) is 11.6 Å². The number of aromatic amines is 1. The quantitative estimate of drug-likeness (QED) is 0.626. The van der Waals surface area contributed by atoms with Gasteiger partial charge in [0.15, 0.2) is 0 Å². The molecule has 0 bridgehead atoms. The Morgan fingerprint density at radius 3 is 3.17 bits per heavy atom. The Hall–Kier alpha value is -1.35. The molecule has 0 spiro atoms. The number of aromatic nitrogens is 2. The third kappa shape index (κ3) is 1.08. The van der Waals surface area contributed by atoms with Crippen LogP contribution in [-0.2, 0) is 0 Å². The SMILES string of the molecule is O=c1[nH]ccc2cc(Cl)ncc12. The number of nitrogens with zero attached hydrogens (tertiary/aromatic N) is 1. The van der Waals surface area contributed by atoms with E-state index in [9.17, 15) is 4.79 Å². The summed E-state index contributed by atoms with van der Waals surface area (Å²) in [5.74, 6) is 0. The molecule has 0 aromatic carbocycles. The highest BCUT2D eigenvalue weighted by atomic mass is 35.5. The molecule has 60 valence electrons. The number of H-pyrrole nitrogens is 1. The first-order valence-electron chi connectivity index (χ1n) is 3.40. The maximum absolute atomic E-state index is 11.2. The van der Waals surface area contributed by atoms with Crippen LogP contribution in [0.25, 0.3) is 10.8 Å². The lowest BCUT2D eigenvalue weighted by atomic mass is 10.2. The number of halogens is 1. The van der Waals surface area contributed by atoms with Crippen LogP contribution in [-0.4, -0.2) is 9.97 Å². The highest BCUT2D eigenvalue weighted by molar-refractivity contribution is 6.30. The summed E-state index contributed by atoms with van der Waals surface area (Å²) in [5, 5.41) is 1.76. The lowest BCUT2D eigenvalue weighted by molar-refractivity contribution is 1.26. The summed E-state index contributed by atoms with van der Waals surface area (Å²) in [7, 11) is 0. The molecule has 12 heavy (non-hydrogen) atoms. The Kier molecular flexibility index (Phi) is 1.59. The van der Waals surface area contributed by atoms with Crippen molar-refractivity contribution in [2.45, 2.75) is 0 Å². The van der Waals surface area contributed by atoms with Gasteiger partial charge in [-0.15, -0.1) is 0 Å². The molecule has 3 nitrogen and oxygen atoms in total. The number of rotatable bonds is 0. The molecular weight excluding hydrogens is 176 g/mol. The van der Waals surface area contributed by atoms with Crippen molar-refractivity contribution >= 4 is 22.4 Å². The van der Waals surface area contributed by atoms with Crippen molar-refractivity contribution in [3.05, 3.63) is 40.0 Å². The summed E-state index contributed by atoms with van der Waals surface area (Å²) in [6.45, 7) is 0. The van der Waals surface area contributed by atoms with Gasteiger partial charge < -0.3 is 4.98 Å². The molecule has 0 unspecified atom stereocenters. The van der Waals surface area contributed by atoms with Crippen molar-refractivity contribution < 1.29 is 0 Å². The van der Waals surface area contributed by atoms with E-state index in [0.29, 0.717) is 10.5 Å². The van der Waals surface area contributed by atoms with Crippen LogP contribution in [0.5, 0.6) is 0 Å². The van der Waals surface area contributed by atoms with Crippen LogP contribution in [0.1, 0.15) is 0 Å². The first-order valence-corrected chi connectivity index (χ1v) is 3.78. The number of pyridine rings is 2. The Morgan fingerprint density at radius 2 is 2.33 bits per heavy atom. The summed E-state index contributed by atoms with van der Waals surface area (Å²) in [5.41, 5.74) is -0.142. The van der Waals surface area contributed by atoms with E-state index in [-0.39, 0.29) is 5.56 Å². The average molecular weight is 181 g/mol. The highest BCUT2D eigenvalue weighted by Gasteiger charge is 1.97. The molecule has 2 aromatic rings. The van der Waals surface area contributed by atoms with Gasteiger partial charge in [0.25, 0.3) is 5.56 Å². The number of hydrogen-bond acceptors (Lipinski definition) is 2. The van der Waals surface area contributed by atoms with Gasteiger partial charge in [0, 0.05) is 12.4 Å². The van der Waals surface area contributed by atoms with Crippen LogP contribution < -0.4 is 5.56 Å². The standard InChI is InChI=1S/C8H5ClN2O/c9-7-3-5-1-2-10-8(12)6(5)4-11-7/h1-4H,(H,10,12). The van der Waals surface area contributed by atoms with Gasteiger partial charge in [-0.2, -0.15) is 0 Å². The van der Waals surface area contributed by atoms with E-state index in [1.807, 2.05) is 0 Å². The second-order valence-electron chi connectivity index (χ2n) is 2.40. The van der Waals surface area contributed by atoms with Gasteiger partial charge in [0.05, 0.1) is 5.39 Å². The van der Waals surface area contributed by atoms with Gasteiger partial charge in [-0.1, -0.05) is 11.6 Å². The lowest BCUT2D eigenvalue weighted by Gasteiger charge is -1.94. The van der Waals surface area contributed by atoms with Gasteiger partial charge in [-0.3, -0.25) is 4.79 Å². The van der Waals surface area contributed by atoms with E-state index in [2.05, 4.69) is 9.97 Å². The molecule has 0 amide bonds. The van der Waals surface area contributed by atoms with Crippen molar-refractivity contribution in [2.75, 3.05) is 0 Å². The second-order valence-corrected chi connectivity index (χ2v) is 2.79. The molecule has 2 heterocycles. The Balaban J connectivity index is 2.96. The fourth-order valence-corrected chi connectivity index (χ4v) is 1.22. The van der Waals surface area contributed by atoms with E-state index >= 15 is 0 Å². The molecule has 0 aliphatic carbocycles. The van der Waals surface area contributed by atoms with Crippen molar-refractivity contribution in [3.63, 3.8) is 0 Å². The van der Waals surface area contributed by atoms with Crippen LogP contribution in [0.3, 0.4) is 0 Å². The zero-order valence-corrected chi connectivity index (χ0v) is 6.80. The minimum Gasteiger partial charge on any atom is -0.329 e. The molecule has 0 fully saturated rings. The third-order valence-electron chi connectivity index (χ3n) is 1.62. The molecule has 2 aromatic heterocycles. The number of hydrogen-bond donors (Lipinski definition) is 1. The molecular formula is C8H5ClN2O. The van der Waals surface area contributed by atoms with E-state index in [1.54, 1.807) is 18.3 Å². The van der Waals surface area contributed by atoms with Gasteiger partial charge in [0.2, 0.25) is 0 Å². The average Bonchev–Trinajstić information content (AvgIpc) is 2.04. The van der Waals surface area contributed by atoms with Crippen LogP contribution >= 0.6 is 11.6 Å². The molecule has 4 heteroatoms. The normalized spacial score (nSPS) is 10.4. The summed E-state index contributed by atoms with van der Waals surface area (Å²) in [6, 6.07) is 3.44. The Bertz CT molecular complexity index is 478. The predicted octanol–water partition coefficient (Wildman–Crippen LogP) is 1.58. The predicted molar refractivity (Wildman–Crippen MR) is 47.4 cm³/mol. The van der Waals surface area contributed by atoms with E-state index < -0.39 is 0 Å². The summed E-state index contributed by atoms with van der Waals surface area (Å²) in [4.78, 5) is 17.5. The molecule has 0 saturated heterocycles. The highest BCUT2D eigenvalue weighted by Crippen LogP contribution is 2.11. The third-order valence-corrected chi connectivity index (χ3v) is 1.83. The minimum absolute atomic E-state index is 0.142. The number of nitrogens with one attached hydrogen (secondary N) is 1. The maximum atomic E-state index is 11.2. The summed E-state index contributed by atoms with van der Waals surface area (Å²) >= 11 is 5.65. The van der Waals surface area contributed by atoms with Crippen LogP contribution in [0.15, 0.2) is 29.3 Å². The van der Waals surface area contributed by atoms with Crippen molar-refractivity contribution in [1.29, 1.82) is 0 Å². The van der Waals surface area contributed by atoms with Crippen LogP contribution in [0.2, 0.25) is 5.15 Å². The summed E-state index contributed by atoms with van der Waals surface area (Å²) in [6.07, 6.45) is 3.05. The van der Waals surface area contributed by atoms with Crippen LogP contribution in [0, 0.1) is 0 Å². The summed E-state index contributed by atoms with van der Waals surface area (Å²) < 4.78 is 0. The van der Waals surface area contributed by atoms with Crippen molar-refractivity contribution in [3.8, 4) is 0 Å². The first kappa shape index (κ1) is 7.31. The fourth-order valence-electron chi connectivity index (χ4n) is 1.06. The van der Waals surface area contributed by atoms with Crippen LogP contribution in [0.4, 0.5) is 0 Å². The first-order chi connectivity index (χ1) is 5.77. The molecule has 0 aliphatic heterocycles. The topological polar surface area (TPSA) is 45.8 Å².